The molecule has 0 radical (unpaired) electrons. The lowest BCUT2D eigenvalue weighted by Crippen LogP contribution is -2.39. The number of hydroxylamine groups is 1. The molecule has 0 spiro atoms. The fourth-order valence-corrected chi connectivity index (χ4v) is 2.50. The molecule has 2 aromatic carbocycles. The number of benzene rings is 2. The van der Waals surface area contributed by atoms with Crippen LogP contribution in [0, 0.1) is 12.3 Å². The number of nitrogens with one attached hydrogen (secondary N) is 2. The Bertz CT molecular complexity index is 1240. The first kappa shape index (κ1) is 26.5. The number of fused-ring (bicyclic) bond motifs is 1. The number of rotatable bonds is 8. The maximum absolute atomic E-state index is 11.1. The van der Waals surface area contributed by atoms with E-state index in [1.54, 1.807) is 18.2 Å². The molecule has 0 saturated carbocycles. The molecule has 0 fully saturated rings. The molecule has 2 unspecified atom stereocenters. The molecule has 1 heterocycles. The Hall–Kier alpha value is -4.77. The number of aliphatic carboxylic acids is 2. The molecule has 2 atom stereocenters. The van der Waals surface area contributed by atoms with Gasteiger partial charge in [-0.05, 0) is 36.4 Å². The maximum atomic E-state index is 11.1. The highest BCUT2D eigenvalue weighted by Crippen LogP contribution is 2.27. The number of aromatic nitrogens is 2. The lowest BCUT2D eigenvalue weighted by Gasteiger charge is -2.10. The van der Waals surface area contributed by atoms with Crippen molar-refractivity contribution in [2.24, 2.45) is 0 Å². The molecule has 0 aliphatic rings. The first-order chi connectivity index (χ1) is 16.7. The number of carboxylic acids is 2. The van der Waals surface area contributed by atoms with E-state index >= 15 is 0 Å². The van der Waals surface area contributed by atoms with Gasteiger partial charge in [0.1, 0.15) is 17.9 Å². The second-order valence-corrected chi connectivity index (χ2v) is 6.64. The molecule has 1 amide bonds. The van der Waals surface area contributed by atoms with Gasteiger partial charge in [-0.2, -0.15) is 0 Å². The van der Waals surface area contributed by atoms with E-state index in [2.05, 4.69) is 21.2 Å². The van der Waals surface area contributed by atoms with E-state index in [0.29, 0.717) is 17.1 Å². The van der Waals surface area contributed by atoms with Gasteiger partial charge in [0.25, 0.3) is 5.91 Å². The van der Waals surface area contributed by atoms with Crippen molar-refractivity contribution in [3.63, 3.8) is 0 Å². The van der Waals surface area contributed by atoms with E-state index < -0.39 is 30.1 Å². The normalized spacial score (nSPS) is 11.7. The average molecular weight is 484 g/mol. The van der Waals surface area contributed by atoms with Gasteiger partial charge in [0.15, 0.2) is 18.8 Å². The van der Waals surface area contributed by atoms with Crippen LogP contribution in [0.1, 0.15) is 5.56 Å². The summed E-state index contributed by atoms with van der Waals surface area (Å²) in [5, 5.41) is 45.0. The third-order valence-corrected chi connectivity index (χ3v) is 4.20. The molecule has 0 aliphatic heterocycles. The van der Waals surface area contributed by atoms with Gasteiger partial charge in [0.2, 0.25) is 0 Å². The SMILES string of the molecule is C#Cc1cccc(Nc2ncnc3ccc(OCC(=O)NO)cc23)c1.O=C(O)C(O)C(O)C(=O)O. The van der Waals surface area contributed by atoms with Crippen LogP contribution < -0.4 is 15.5 Å². The minimum Gasteiger partial charge on any atom is -0.484 e. The first-order valence-corrected chi connectivity index (χ1v) is 9.62. The smallest absolute Gasteiger partial charge is 0.335 e. The number of carbonyl (C=O) groups excluding carboxylic acids is 1. The molecular weight excluding hydrogens is 464 g/mol. The van der Waals surface area contributed by atoms with E-state index in [4.69, 9.17) is 36.8 Å². The molecule has 0 bridgehead atoms. The van der Waals surface area contributed by atoms with Gasteiger partial charge in [-0.1, -0.05) is 12.0 Å². The Morgan fingerprint density at radius 3 is 2.31 bits per heavy atom. The standard InChI is InChI=1S/C18H14N4O3.C4H6O6/c1-2-12-4-3-5-13(8-12)21-18-15-9-14(25-10-17(23)22-24)6-7-16(15)19-11-20-18;5-1(3(7)8)2(6)4(9)10/h1,3-9,11,24H,10H2,(H,22,23)(H,19,20,21);1-2,5-6H,(H,7,8)(H,9,10). The van der Waals surface area contributed by atoms with Gasteiger partial charge in [-0.25, -0.2) is 25.0 Å². The predicted octanol–water partition coefficient (Wildman–Crippen LogP) is 0.116. The fraction of sp³-hybridized carbons (Fsp3) is 0.136. The van der Waals surface area contributed by atoms with Crippen LogP contribution in [0.3, 0.4) is 0 Å². The third kappa shape index (κ3) is 7.65. The zero-order chi connectivity index (χ0) is 26.0. The summed E-state index contributed by atoms with van der Waals surface area (Å²) in [6, 6.07) is 12.5. The second kappa shape index (κ2) is 12.5. The van der Waals surface area contributed by atoms with Crippen LogP contribution in [0.15, 0.2) is 48.8 Å². The van der Waals surface area contributed by atoms with E-state index in [1.807, 2.05) is 24.3 Å². The summed E-state index contributed by atoms with van der Waals surface area (Å²) in [5.41, 5.74) is 3.77. The van der Waals surface area contributed by atoms with E-state index in [9.17, 15) is 14.4 Å². The van der Waals surface area contributed by atoms with Crippen LogP contribution in [0.5, 0.6) is 5.75 Å². The largest absolute Gasteiger partial charge is 0.484 e. The molecule has 3 rings (SSSR count). The fourth-order valence-electron chi connectivity index (χ4n) is 2.50. The van der Waals surface area contributed by atoms with Crippen molar-refractivity contribution in [3.8, 4) is 18.1 Å². The minimum absolute atomic E-state index is 0.303. The summed E-state index contributed by atoms with van der Waals surface area (Å²) in [7, 11) is 0. The average Bonchev–Trinajstić information content (AvgIpc) is 2.86. The molecule has 13 nitrogen and oxygen atoms in total. The maximum Gasteiger partial charge on any atom is 0.335 e. The van der Waals surface area contributed by atoms with Crippen molar-refractivity contribution in [3.05, 3.63) is 54.4 Å². The Balaban J connectivity index is 0.000000367. The summed E-state index contributed by atoms with van der Waals surface area (Å²) >= 11 is 0. The Morgan fingerprint density at radius 1 is 1.03 bits per heavy atom. The predicted molar refractivity (Wildman–Crippen MR) is 120 cm³/mol. The Kier molecular flexibility index (Phi) is 9.43. The number of anilines is 2. The molecular formula is C22H20N4O9. The third-order valence-electron chi connectivity index (χ3n) is 4.20. The second-order valence-electron chi connectivity index (χ2n) is 6.64. The van der Waals surface area contributed by atoms with Gasteiger partial charge in [0.05, 0.1) is 5.52 Å². The number of aliphatic hydroxyl groups excluding tert-OH is 2. The zero-order valence-corrected chi connectivity index (χ0v) is 17.8. The van der Waals surface area contributed by atoms with Crippen molar-refractivity contribution in [2.45, 2.75) is 12.2 Å². The van der Waals surface area contributed by atoms with Gasteiger partial charge in [-0.3, -0.25) is 10.0 Å². The van der Waals surface area contributed by atoms with Crippen LogP contribution in [0.2, 0.25) is 0 Å². The number of amides is 1. The summed E-state index contributed by atoms with van der Waals surface area (Å²) in [6.45, 7) is -0.303. The van der Waals surface area contributed by atoms with Crippen molar-refractivity contribution >= 4 is 40.3 Å². The van der Waals surface area contributed by atoms with Crippen LogP contribution in [0.4, 0.5) is 11.5 Å². The number of nitrogens with zero attached hydrogens (tertiary/aromatic N) is 2. The topological polar surface area (TPSA) is 211 Å². The quantitative estimate of drug-likeness (QED) is 0.129. The molecule has 182 valence electrons. The molecule has 0 aliphatic carbocycles. The van der Waals surface area contributed by atoms with E-state index in [0.717, 1.165) is 16.6 Å². The van der Waals surface area contributed by atoms with Gasteiger partial charge in [-0.15, -0.1) is 6.42 Å². The summed E-state index contributed by atoms with van der Waals surface area (Å²) in [4.78, 5) is 39.1. The lowest BCUT2D eigenvalue weighted by molar-refractivity contribution is -0.165. The number of carboxylic acid groups (broad SMARTS) is 2. The number of hydrogen-bond acceptors (Lipinski definition) is 10. The van der Waals surface area contributed by atoms with Gasteiger partial charge < -0.3 is 30.5 Å². The summed E-state index contributed by atoms with van der Waals surface area (Å²) in [5.74, 6) is -0.570. The van der Waals surface area contributed by atoms with Crippen LogP contribution in [-0.2, 0) is 14.4 Å². The van der Waals surface area contributed by atoms with E-state index in [-0.39, 0.29) is 6.61 Å². The number of terminal acetylenes is 1. The number of aliphatic hydroxyl groups is 2. The number of hydrogen-bond donors (Lipinski definition) is 7. The molecule has 7 N–H and O–H groups in total. The number of ether oxygens (including phenoxy) is 1. The highest BCUT2D eigenvalue weighted by Gasteiger charge is 2.29. The monoisotopic (exact) mass is 484 g/mol. The van der Waals surface area contributed by atoms with Crippen molar-refractivity contribution in [1.29, 1.82) is 0 Å². The van der Waals surface area contributed by atoms with Crippen LogP contribution >= 0.6 is 0 Å². The minimum atomic E-state index is -2.27. The lowest BCUT2D eigenvalue weighted by atomic mass is 10.2. The van der Waals surface area contributed by atoms with Crippen LogP contribution in [0.25, 0.3) is 10.9 Å². The van der Waals surface area contributed by atoms with Crippen molar-refractivity contribution in [1.82, 2.24) is 15.4 Å². The number of carbonyl (C=O) groups is 3. The molecule has 13 heteroatoms. The molecule has 1 aromatic heterocycles. The zero-order valence-electron chi connectivity index (χ0n) is 17.8. The van der Waals surface area contributed by atoms with Crippen molar-refractivity contribution < 1.29 is 44.8 Å². The molecule has 0 saturated heterocycles. The van der Waals surface area contributed by atoms with Crippen molar-refractivity contribution in [2.75, 3.05) is 11.9 Å². The first-order valence-electron chi connectivity index (χ1n) is 9.62. The highest BCUT2D eigenvalue weighted by atomic mass is 16.5. The highest BCUT2D eigenvalue weighted by molar-refractivity contribution is 5.91. The van der Waals surface area contributed by atoms with Gasteiger partial charge in [0, 0.05) is 16.6 Å². The molecule has 35 heavy (non-hydrogen) atoms. The Morgan fingerprint density at radius 2 is 1.71 bits per heavy atom. The Labute approximate surface area is 197 Å². The van der Waals surface area contributed by atoms with E-state index in [1.165, 1.54) is 11.8 Å². The summed E-state index contributed by atoms with van der Waals surface area (Å²) in [6.07, 6.45) is 2.34. The summed E-state index contributed by atoms with van der Waals surface area (Å²) < 4.78 is 5.33. The van der Waals surface area contributed by atoms with Gasteiger partial charge >= 0.3 is 11.9 Å². The molecule has 3 aromatic rings. The van der Waals surface area contributed by atoms with Crippen LogP contribution in [-0.4, -0.2) is 72.3 Å².